The van der Waals surface area contributed by atoms with E-state index in [1.807, 2.05) is 27.0 Å². The Morgan fingerprint density at radius 1 is 1.15 bits per heavy atom. The molecule has 12 nitrogen and oxygen atoms in total. The molecule has 3 N–H and O–H groups in total. The quantitative estimate of drug-likeness (QED) is 0.476. The molecule has 1 fully saturated rings. The van der Waals surface area contributed by atoms with E-state index >= 15 is 0 Å². The van der Waals surface area contributed by atoms with Crippen molar-refractivity contribution in [1.29, 1.82) is 0 Å². The van der Waals surface area contributed by atoms with E-state index in [1.54, 1.807) is 42.7 Å². The Bertz CT molecular complexity index is 1020. The summed E-state index contributed by atoms with van der Waals surface area (Å²) in [5.41, 5.74) is -0.791. The summed E-state index contributed by atoms with van der Waals surface area (Å²) in [4.78, 5) is 49.2. The van der Waals surface area contributed by atoms with Crippen molar-refractivity contribution in [2.75, 3.05) is 18.4 Å². The van der Waals surface area contributed by atoms with Gasteiger partial charge in [-0.3, -0.25) is 23.9 Å². The number of carboxylic acid groups (broad SMARTS) is 2. The van der Waals surface area contributed by atoms with Crippen molar-refractivity contribution in [3.63, 3.8) is 0 Å². The van der Waals surface area contributed by atoms with Crippen LogP contribution in [0.15, 0.2) is 48.5 Å². The number of imidazole rings is 1. The SMILES string of the molecule is Cn1ccc(NC(=O)C2(n3ccnc3)CCN(C(=O)c3cccs3)CC2)n1.O=CO.O=CO. The molecule has 176 valence electrons. The third kappa shape index (κ3) is 6.26. The second-order valence-electron chi connectivity index (χ2n) is 6.81. The van der Waals surface area contributed by atoms with E-state index in [-0.39, 0.29) is 24.8 Å². The molecule has 13 heteroatoms. The van der Waals surface area contributed by atoms with Crippen LogP contribution in [0.1, 0.15) is 22.5 Å². The minimum atomic E-state index is -0.791. The number of amides is 2. The van der Waals surface area contributed by atoms with Gasteiger partial charge >= 0.3 is 0 Å². The van der Waals surface area contributed by atoms with Crippen molar-refractivity contribution < 1.29 is 29.4 Å². The van der Waals surface area contributed by atoms with Gasteiger partial charge in [0.15, 0.2) is 5.82 Å². The minimum absolute atomic E-state index is 0.0226. The standard InChI is InChI=1S/C18H20N6O2S.2CH2O2/c1-22-8-4-15(21-22)20-17(26)18(24-11-7-19-13-24)5-9-23(10-6-18)16(25)14-3-2-12-27-14;2*2-1-3/h2-4,7-8,11-13H,5-6,9-10H2,1H3,(H,20,21,26);2*1H,(H,2,3). The highest BCUT2D eigenvalue weighted by atomic mass is 32.1. The molecule has 0 spiro atoms. The number of likely N-dealkylation sites (tertiary alicyclic amines) is 1. The number of hydrogen-bond donors (Lipinski definition) is 3. The van der Waals surface area contributed by atoms with Crippen molar-refractivity contribution in [3.8, 4) is 0 Å². The topological polar surface area (TPSA) is 160 Å². The van der Waals surface area contributed by atoms with Crippen molar-refractivity contribution in [2.24, 2.45) is 7.05 Å². The van der Waals surface area contributed by atoms with Gasteiger partial charge in [0.2, 0.25) is 0 Å². The molecule has 1 saturated heterocycles. The van der Waals surface area contributed by atoms with Crippen LogP contribution in [-0.2, 0) is 27.0 Å². The smallest absolute Gasteiger partial charge is 0.290 e. The molecule has 0 aromatic carbocycles. The lowest BCUT2D eigenvalue weighted by Crippen LogP contribution is -2.53. The maximum Gasteiger partial charge on any atom is 0.290 e. The molecule has 4 rings (SSSR count). The zero-order valence-electron chi connectivity index (χ0n) is 17.8. The number of nitrogens with zero attached hydrogens (tertiary/aromatic N) is 5. The molecule has 33 heavy (non-hydrogen) atoms. The number of hydrogen-bond acceptors (Lipinski definition) is 7. The summed E-state index contributed by atoms with van der Waals surface area (Å²) in [6, 6.07) is 5.46. The van der Waals surface area contributed by atoms with Gasteiger partial charge in [0, 0.05) is 44.8 Å². The van der Waals surface area contributed by atoms with Gasteiger partial charge in [-0.15, -0.1) is 11.3 Å². The molecule has 0 unspecified atom stereocenters. The summed E-state index contributed by atoms with van der Waals surface area (Å²) in [6.07, 6.45) is 7.93. The summed E-state index contributed by atoms with van der Waals surface area (Å²) in [6.45, 7) is 0.509. The number of nitrogens with one attached hydrogen (secondary N) is 1. The second kappa shape index (κ2) is 12.1. The molecule has 1 aliphatic heterocycles. The van der Waals surface area contributed by atoms with E-state index in [1.165, 1.54) is 11.3 Å². The Morgan fingerprint density at radius 3 is 2.30 bits per heavy atom. The summed E-state index contributed by atoms with van der Waals surface area (Å²) in [5.74, 6) is 0.399. The highest BCUT2D eigenvalue weighted by molar-refractivity contribution is 7.12. The number of anilines is 1. The van der Waals surface area contributed by atoms with E-state index in [9.17, 15) is 9.59 Å². The predicted molar refractivity (Wildman–Crippen MR) is 119 cm³/mol. The van der Waals surface area contributed by atoms with Crippen LogP contribution in [0.3, 0.4) is 0 Å². The van der Waals surface area contributed by atoms with Crippen LogP contribution in [0.25, 0.3) is 0 Å². The fraction of sp³-hybridized carbons (Fsp3) is 0.300. The zero-order chi connectivity index (χ0) is 24.3. The number of carbonyl (C=O) groups excluding carboxylic acids is 2. The van der Waals surface area contributed by atoms with Gasteiger partial charge in [0.1, 0.15) is 5.54 Å². The van der Waals surface area contributed by atoms with Gasteiger partial charge in [-0.1, -0.05) is 6.07 Å². The van der Waals surface area contributed by atoms with E-state index in [2.05, 4.69) is 15.4 Å². The molecule has 0 aliphatic carbocycles. The molecular formula is C20H24N6O6S. The third-order valence-electron chi connectivity index (χ3n) is 4.99. The molecule has 1 aliphatic rings. The first kappa shape index (κ1) is 25.3. The van der Waals surface area contributed by atoms with Crippen LogP contribution in [0.4, 0.5) is 5.82 Å². The lowest BCUT2D eigenvalue weighted by molar-refractivity contribution is -0.127. The summed E-state index contributed by atoms with van der Waals surface area (Å²) >= 11 is 1.44. The molecule has 0 atom stereocenters. The highest BCUT2D eigenvalue weighted by Gasteiger charge is 2.44. The van der Waals surface area contributed by atoms with Crippen LogP contribution >= 0.6 is 11.3 Å². The maximum atomic E-state index is 13.2. The third-order valence-corrected chi connectivity index (χ3v) is 5.84. The average molecular weight is 477 g/mol. The summed E-state index contributed by atoms with van der Waals surface area (Å²) in [5, 5.41) is 22.8. The van der Waals surface area contributed by atoms with Crippen molar-refractivity contribution >= 4 is 41.9 Å². The Kier molecular flexibility index (Phi) is 9.30. The lowest BCUT2D eigenvalue weighted by atomic mass is 9.86. The fourth-order valence-electron chi connectivity index (χ4n) is 3.47. The Morgan fingerprint density at radius 2 is 1.82 bits per heavy atom. The molecule has 4 heterocycles. The van der Waals surface area contributed by atoms with Crippen LogP contribution in [0.5, 0.6) is 0 Å². The van der Waals surface area contributed by atoms with Gasteiger partial charge in [0.25, 0.3) is 24.8 Å². The fourth-order valence-corrected chi connectivity index (χ4v) is 4.16. The second-order valence-corrected chi connectivity index (χ2v) is 7.76. The Balaban J connectivity index is 0.000000582. The number of rotatable bonds is 4. The van der Waals surface area contributed by atoms with Gasteiger partial charge < -0.3 is 25.0 Å². The van der Waals surface area contributed by atoms with E-state index < -0.39 is 5.54 Å². The molecule has 0 bridgehead atoms. The summed E-state index contributed by atoms with van der Waals surface area (Å²) in [7, 11) is 1.80. The van der Waals surface area contributed by atoms with E-state index in [4.69, 9.17) is 19.8 Å². The average Bonchev–Trinajstić information content (AvgIpc) is 3.58. The van der Waals surface area contributed by atoms with Crippen molar-refractivity contribution in [3.05, 3.63) is 53.4 Å². The lowest BCUT2D eigenvalue weighted by Gasteiger charge is -2.41. The van der Waals surface area contributed by atoms with Crippen LogP contribution in [-0.4, -0.2) is 72.3 Å². The first-order valence-corrected chi connectivity index (χ1v) is 10.6. The molecule has 2 amide bonds. The Hall–Kier alpha value is -4.00. The van der Waals surface area contributed by atoms with Crippen molar-refractivity contribution in [2.45, 2.75) is 18.4 Å². The van der Waals surface area contributed by atoms with Crippen LogP contribution in [0.2, 0.25) is 0 Å². The normalized spacial score (nSPS) is 14.0. The highest BCUT2D eigenvalue weighted by Crippen LogP contribution is 2.32. The molecule has 3 aromatic heterocycles. The number of piperidine rings is 1. The van der Waals surface area contributed by atoms with Gasteiger partial charge in [-0.05, 0) is 24.3 Å². The minimum Gasteiger partial charge on any atom is -0.483 e. The van der Waals surface area contributed by atoms with Gasteiger partial charge in [0.05, 0.1) is 11.2 Å². The molecule has 0 radical (unpaired) electrons. The number of aryl methyl sites for hydroxylation is 1. The molecule has 0 saturated carbocycles. The van der Waals surface area contributed by atoms with Crippen LogP contribution < -0.4 is 5.32 Å². The van der Waals surface area contributed by atoms with E-state index in [0.29, 0.717) is 31.7 Å². The first-order chi connectivity index (χ1) is 15.9. The molecular weight excluding hydrogens is 452 g/mol. The zero-order valence-corrected chi connectivity index (χ0v) is 18.6. The van der Waals surface area contributed by atoms with Crippen molar-refractivity contribution in [1.82, 2.24) is 24.2 Å². The Labute approximate surface area is 193 Å². The number of carbonyl (C=O) groups is 4. The summed E-state index contributed by atoms with van der Waals surface area (Å²) < 4.78 is 3.49. The molecule has 3 aromatic rings. The van der Waals surface area contributed by atoms with Gasteiger partial charge in [-0.2, -0.15) is 5.10 Å². The monoisotopic (exact) mass is 476 g/mol. The van der Waals surface area contributed by atoms with Crippen LogP contribution in [0, 0.1) is 0 Å². The predicted octanol–water partition coefficient (Wildman–Crippen LogP) is 1.35. The van der Waals surface area contributed by atoms with E-state index in [0.717, 1.165) is 4.88 Å². The first-order valence-electron chi connectivity index (χ1n) is 9.70. The van der Waals surface area contributed by atoms with Gasteiger partial charge in [-0.25, -0.2) is 4.98 Å². The number of thiophene rings is 1. The number of aromatic nitrogens is 4. The maximum absolute atomic E-state index is 13.2. The largest absolute Gasteiger partial charge is 0.483 e.